The van der Waals surface area contributed by atoms with Crippen molar-refractivity contribution in [3.63, 3.8) is 0 Å². The van der Waals surface area contributed by atoms with Gasteiger partial charge in [0.2, 0.25) is 5.91 Å². The van der Waals surface area contributed by atoms with E-state index in [0.717, 1.165) is 11.4 Å². The Morgan fingerprint density at radius 2 is 2.16 bits per heavy atom. The van der Waals surface area contributed by atoms with Gasteiger partial charge in [-0.25, -0.2) is 0 Å². The molecule has 3 N–H and O–H groups in total. The number of primary amides is 1. The summed E-state index contributed by atoms with van der Waals surface area (Å²) in [6, 6.07) is 4.41. The largest absolute Gasteiger partial charge is 0.366 e. The molecule has 0 saturated heterocycles. The number of hydrogen-bond donors (Lipinski definition) is 2. The van der Waals surface area contributed by atoms with Crippen LogP contribution in [0.1, 0.15) is 43.5 Å². The highest BCUT2D eigenvalue weighted by atomic mass is 32.1. The van der Waals surface area contributed by atoms with Crippen molar-refractivity contribution >= 4 is 28.6 Å². The van der Waals surface area contributed by atoms with Crippen LogP contribution in [0, 0.1) is 13.8 Å². The van der Waals surface area contributed by atoms with Gasteiger partial charge in [0.15, 0.2) is 0 Å². The molecule has 19 heavy (non-hydrogen) atoms. The van der Waals surface area contributed by atoms with Gasteiger partial charge < -0.3 is 11.1 Å². The predicted octanol–water partition coefficient (Wildman–Crippen LogP) is 3.38. The zero-order valence-corrected chi connectivity index (χ0v) is 13.0. The molecule has 0 bridgehead atoms. The first kappa shape index (κ1) is 14.2. The van der Waals surface area contributed by atoms with Crippen molar-refractivity contribution < 1.29 is 4.79 Å². The minimum Gasteiger partial charge on any atom is -0.366 e. The highest BCUT2D eigenvalue weighted by Gasteiger charge is 2.11. The molecule has 102 valence electrons. The van der Waals surface area contributed by atoms with Gasteiger partial charge in [-0.2, -0.15) is 0 Å². The van der Waals surface area contributed by atoms with Gasteiger partial charge in [-0.15, -0.1) is 22.7 Å². The number of hydrogen-bond acceptors (Lipinski definition) is 4. The number of amides is 1. The third kappa shape index (κ3) is 3.43. The van der Waals surface area contributed by atoms with Gasteiger partial charge in [-0.3, -0.25) is 4.79 Å². The van der Waals surface area contributed by atoms with Gasteiger partial charge >= 0.3 is 0 Å². The number of carbonyl (C=O) groups is 1. The predicted molar refractivity (Wildman–Crippen MR) is 81.9 cm³/mol. The fourth-order valence-corrected chi connectivity index (χ4v) is 3.89. The second kappa shape index (κ2) is 5.86. The van der Waals surface area contributed by atoms with E-state index in [1.165, 1.54) is 15.3 Å². The maximum Gasteiger partial charge on any atom is 0.249 e. The molecular weight excluding hydrogens is 276 g/mol. The number of thiophene rings is 2. The second-order valence-corrected chi connectivity index (χ2v) is 7.09. The van der Waals surface area contributed by atoms with Crippen molar-refractivity contribution in [3.05, 3.63) is 43.3 Å². The van der Waals surface area contributed by atoms with E-state index >= 15 is 0 Å². The van der Waals surface area contributed by atoms with Crippen LogP contribution >= 0.6 is 22.7 Å². The molecule has 5 heteroatoms. The van der Waals surface area contributed by atoms with Crippen LogP contribution in [-0.4, -0.2) is 5.91 Å². The minimum absolute atomic E-state index is 0.309. The average molecular weight is 294 g/mol. The molecule has 2 rings (SSSR count). The lowest BCUT2D eigenvalue weighted by molar-refractivity contribution is 0.100. The van der Waals surface area contributed by atoms with E-state index < -0.39 is 0 Å². The highest BCUT2D eigenvalue weighted by molar-refractivity contribution is 7.12. The second-order valence-electron chi connectivity index (χ2n) is 4.64. The standard InChI is InChI=1S/C14H18N2OS2/c1-8-4-13(10(3)19-8)9(2)16-6-12-5-11(7-18-12)14(15)17/h4-5,7,9,16H,6H2,1-3H3,(H2,15,17). The Labute approximate surface area is 121 Å². The van der Waals surface area contributed by atoms with E-state index in [2.05, 4.69) is 32.2 Å². The van der Waals surface area contributed by atoms with Gasteiger partial charge in [-0.1, -0.05) is 0 Å². The number of nitrogens with one attached hydrogen (secondary N) is 1. The van der Waals surface area contributed by atoms with E-state index in [1.807, 2.05) is 22.8 Å². The average Bonchev–Trinajstić information content (AvgIpc) is 2.93. The Hall–Kier alpha value is -1.17. The summed E-state index contributed by atoms with van der Waals surface area (Å²) in [5.41, 5.74) is 7.20. The summed E-state index contributed by atoms with van der Waals surface area (Å²) in [6.07, 6.45) is 0. The molecule has 3 nitrogen and oxygen atoms in total. The Morgan fingerprint density at radius 3 is 2.68 bits per heavy atom. The van der Waals surface area contributed by atoms with Crippen molar-refractivity contribution in [2.75, 3.05) is 0 Å². The lowest BCUT2D eigenvalue weighted by atomic mass is 10.1. The number of nitrogens with two attached hydrogens (primary N) is 1. The van der Waals surface area contributed by atoms with Crippen LogP contribution < -0.4 is 11.1 Å². The number of carbonyl (C=O) groups excluding carboxylic acids is 1. The summed E-state index contributed by atoms with van der Waals surface area (Å²) in [5, 5.41) is 5.30. The van der Waals surface area contributed by atoms with E-state index in [0.29, 0.717) is 11.6 Å². The van der Waals surface area contributed by atoms with Crippen molar-refractivity contribution in [2.45, 2.75) is 33.4 Å². The molecule has 0 fully saturated rings. The molecule has 0 aliphatic rings. The van der Waals surface area contributed by atoms with E-state index in [9.17, 15) is 4.79 Å². The van der Waals surface area contributed by atoms with E-state index in [1.54, 1.807) is 11.3 Å². The molecule has 2 aromatic heterocycles. The smallest absolute Gasteiger partial charge is 0.249 e. The maximum atomic E-state index is 11.0. The summed E-state index contributed by atoms with van der Waals surface area (Å²) in [5.74, 6) is -0.361. The molecular formula is C14H18N2OS2. The first-order valence-corrected chi connectivity index (χ1v) is 7.84. The highest BCUT2D eigenvalue weighted by Crippen LogP contribution is 2.26. The maximum absolute atomic E-state index is 11.0. The third-order valence-corrected chi connectivity index (χ3v) is 4.99. The Balaban J connectivity index is 1.98. The van der Waals surface area contributed by atoms with Gasteiger partial charge in [0.25, 0.3) is 0 Å². The van der Waals surface area contributed by atoms with Crippen LogP contribution in [0.3, 0.4) is 0 Å². The zero-order valence-electron chi connectivity index (χ0n) is 11.3. The Bertz CT molecular complexity index is 586. The number of rotatable bonds is 5. The Morgan fingerprint density at radius 1 is 1.42 bits per heavy atom. The quantitative estimate of drug-likeness (QED) is 0.888. The third-order valence-electron chi connectivity index (χ3n) is 3.07. The minimum atomic E-state index is -0.361. The normalized spacial score (nSPS) is 12.6. The molecule has 0 radical (unpaired) electrons. The monoisotopic (exact) mass is 294 g/mol. The van der Waals surface area contributed by atoms with E-state index in [-0.39, 0.29) is 5.91 Å². The molecule has 0 spiro atoms. The molecule has 0 saturated carbocycles. The van der Waals surface area contributed by atoms with Crippen LogP contribution in [0.15, 0.2) is 17.5 Å². The summed E-state index contributed by atoms with van der Waals surface area (Å²) in [7, 11) is 0. The lowest BCUT2D eigenvalue weighted by Gasteiger charge is -2.12. The van der Waals surface area contributed by atoms with Crippen molar-refractivity contribution in [1.82, 2.24) is 5.32 Å². The molecule has 1 unspecified atom stereocenters. The van der Waals surface area contributed by atoms with Crippen LogP contribution in [-0.2, 0) is 6.54 Å². The lowest BCUT2D eigenvalue weighted by Crippen LogP contribution is -2.17. The molecule has 2 aromatic rings. The van der Waals surface area contributed by atoms with E-state index in [4.69, 9.17) is 5.73 Å². The molecule has 1 atom stereocenters. The molecule has 0 aromatic carbocycles. The van der Waals surface area contributed by atoms with Gasteiger partial charge in [0.05, 0.1) is 5.56 Å². The molecule has 2 heterocycles. The summed E-state index contributed by atoms with van der Waals surface area (Å²) >= 11 is 3.39. The first-order valence-electron chi connectivity index (χ1n) is 6.15. The van der Waals surface area contributed by atoms with Crippen molar-refractivity contribution in [3.8, 4) is 0 Å². The fourth-order valence-electron chi connectivity index (χ4n) is 2.05. The Kier molecular flexibility index (Phi) is 4.39. The molecule has 0 aliphatic heterocycles. The summed E-state index contributed by atoms with van der Waals surface area (Å²) < 4.78 is 0. The molecule has 0 aliphatic carbocycles. The number of aryl methyl sites for hydroxylation is 2. The topological polar surface area (TPSA) is 55.1 Å². The van der Waals surface area contributed by atoms with Crippen molar-refractivity contribution in [1.29, 1.82) is 0 Å². The van der Waals surface area contributed by atoms with Crippen LogP contribution in [0.5, 0.6) is 0 Å². The first-order chi connectivity index (χ1) is 8.97. The summed E-state index contributed by atoms with van der Waals surface area (Å²) in [6.45, 7) is 7.21. The van der Waals surface area contributed by atoms with Crippen LogP contribution in [0.25, 0.3) is 0 Å². The molecule has 1 amide bonds. The SMILES string of the molecule is Cc1cc(C(C)NCc2cc(C(N)=O)cs2)c(C)s1. The fraction of sp³-hybridized carbons (Fsp3) is 0.357. The van der Waals surface area contributed by atoms with Gasteiger partial charge in [0.1, 0.15) is 0 Å². The van der Waals surface area contributed by atoms with Crippen molar-refractivity contribution in [2.24, 2.45) is 5.73 Å². The zero-order chi connectivity index (χ0) is 14.0. The van der Waals surface area contributed by atoms with Crippen LogP contribution in [0.2, 0.25) is 0 Å². The van der Waals surface area contributed by atoms with Gasteiger partial charge in [0, 0.05) is 32.6 Å². The van der Waals surface area contributed by atoms with Crippen LogP contribution in [0.4, 0.5) is 0 Å². The summed E-state index contributed by atoms with van der Waals surface area (Å²) in [4.78, 5) is 14.9. The van der Waals surface area contributed by atoms with Gasteiger partial charge in [-0.05, 0) is 38.5 Å².